The van der Waals surface area contributed by atoms with Crippen LogP contribution < -0.4 is 5.32 Å². The number of hydrogen-bond acceptors (Lipinski definition) is 5. The van der Waals surface area contributed by atoms with Gasteiger partial charge in [0, 0.05) is 44.4 Å². The van der Waals surface area contributed by atoms with Crippen molar-refractivity contribution in [3.63, 3.8) is 0 Å². The summed E-state index contributed by atoms with van der Waals surface area (Å²) in [4.78, 5) is 12.8. The molecule has 6 nitrogen and oxygen atoms in total. The van der Waals surface area contributed by atoms with Crippen molar-refractivity contribution in [2.24, 2.45) is 0 Å². The van der Waals surface area contributed by atoms with Gasteiger partial charge in [0.15, 0.2) is 0 Å². The van der Waals surface area contributed by atoms with Crippen molar-refractivity contribution in [1.29, 1.82) is 0 Å². The molecule has 0 fully saturated rings. The molecular formula is C15H25N3O3. The zero-order valence-corrected chi connectivity index (χ0v) is 13.3. The Morgan fingerprint density at radius 1 is 1.43 bits per heavy atom. The molecule has 118 valence electrons. The fraction of sp³-hybridized carbons (Fsp3) is 0.600. The Balaban J connectivity index is 2.50. The summed E-state index contributed by atoms with van der Waals surface area (Å²) in [5.74, 6) is 0. The second-order valence-electron chi connectivity index (χ2n) is 5.27. The number of rotatable bonds is 9. The highest BCUT2D eigenvalue weighted by Gasteiger charge is 2.14. The van der Waals surface area contributed by atoms with Crippen LogP contribution in [0.4, 0.5) is 5.69 Å². The highest BCUT2D eigenvalue weighted by Crippen LogP contribution is 2.22. The van der Waals surface area contributed by atoms with E-state index in [-0.39, 0.29) is 16.7 Å². The summed E-state index contributed by atoms with van der Waals surface area (Å²) in [6.07, 6.45) is 0. The first-order valence-corrected chi connectivity index (χ1v) is 7.11. The highest BCUT2D eigenvalue weighted by molar-refractivity contribution is 5.43. The second kappa shape index (κ2) is 8.71. The molecule has 0 aliphatic heterocycles. The number of hydrogen-bond donors (Lipinski definition) is 1. The number of aryl methyl sites for hydroxylation is 1. The lowest BCUT2D eigenvalue weighted by Crippen LogP contribution is -2.32. The molecule has 0 spiro atoms. The number of ether oxygens (including phenoxy) is 1. The highest BCUT2D eigenvalue weighted by atomic mass is 16.6. The van der Waals surface area contributed by atoms with Crippen LogP contribution in [0.2, 0.25) is 0 Å². The predicted molar refractivity (Wildman–Crippen MR) is 83.6 cm³/mol. The maximum absolute atomic E-state index is 11.0. The van der Waals surface area contributed by atoms with Crippen molar-refractivity contribution in [1.82, 2.24) is 10.2 Å². The number of nitrogens with one attached hydrogen (secondary N) is 1. The summed E-state index contributed by atoms with van der Waals surface area (Å²) < 4.78 is 5.03. The molecule has 0 bridgehead atoms. The number of methoxy groups -OCH3 is 1. The molecule has 0 aliphatic rings. The van der Waals surface area contributed by atoms with Crippen LogP contribution in [0.1, 0.15) is 24.1 Å². The summed E-state index contributed by atoms with van der Waals surface area (Å²) in [6.45, 7) is 7.11. The van der Waals surface area contributed by atoms with E-state index in [1.165, 1.54) is 0 Å². The average molecular weight is 295 g/mol. The quantitative estimate of drug-likeness (QED) is 0.558. The molecule has 21 heavy (non-hydrogen) atoms. The molecule has 0 saturated carbocycles. The molecule has 0 heterocycles. The SMILES string of the molecule is COCCN(C)CCNC(C)c1ccc(C)c([N+](=O)[O-])c1. The van der Waals surface area contributed by atoms with Gasteiger partial charge in [-0.2, -0.15) is 0 Å². The standard InChI is InChI=1S/C15H25N3O3/c1-12-5-6-14(11-15(12)18(19)20)13(2)16-7-8-17(3)9-10-21-4/h5-6,11,13,16H,7-10H2,1-4H3. The molecule has 0 radical (unpaired) electrons. The van der Waals surface area contributed by atoms with Gasteiger partial charge in [-0.1, -0.05) is 12.1 Å². The topological polar surface area (TPSA) is 67.6 Å². The fourth-order valence-electron chi connectivity index (χ4n) is 2.04. The largest absolute Gasteiger partial charge is 0.383 e. The van der Waals surface area contributed by atoms with Crippen LogP contribution >= 0.6 is 0 Å². The maximum Gasteiger partial charge on any atom is 0.272 e. The van der Waals surface area contributed by atoms with Crippen molar-refractivity contribution in [3.05, 3.63) is 39.4 Å². The molecule has 1 N–H and O–H groups in total. The first-order valence-electron chi connectivity index (χ1n) is 7.11. The summed E-state index contributed by atoms with van der Waals surface area (Å²) in [5.41, 5.74) is 1.81. The van der Waals surface area contributed by atoms with Crippen LogP contribution in [0, 0.1) is 17.0 Å². The number of likely N-dealkylation sites (N-methyl/N-ethyl adjacent to an activating group) is 1. The van der Waals surface area contributed by atoms with Gasteiger partial charge in [0.25, 0.3) is 5.69 Å². The molecular weight excluding hydrogens is 270 g/mol. The monoisotopic (exact) mass is 295 g/mol. The summed E-state index contributed by atoms with van der Waals surface area (Å²) in [7, 11) is 3.74. The van der Waals surface area contributed by atoms with Crippen LogP contribution in [-0.4, -0.2) is 50.2 Å². The summed E-state index contributed by atoms with van der Waals surface area (Å²) in [6, 6.07) is 5.48. The molecule has 1 rings (SSSR count). The Kier molecular flexibility index (Phi) is 7.28. The molecule has 1 atom stereocenters. The molecule has 0 aromatic heterocycles. The van der Waals surface area contributed by atoms with E-state index >= 15 is 0 Å². The molecule has 1 aromatic rings. The third kappa shape index (κ3) is 5.79. The third-order valence-corrected chi connectivity index (χ3v) is 3.55. The lowest BCUT2D eigenvalue weighted by molar-refractivity contribution is -0.385. The maximum atomic E-state index is 11.0. The van der Waals surface area contributed by atoms with Gasteiger partial charge in [-0.05, 0) is 26.5 Å². The van der Waals surface area contributed by atoms with Gasteiger partial charge in [-0.15, -0.1) is 0 Å². The van der Waals surface area contributed by atoms with Crippen LogP contribution in [0.15, 0.2) is 18.2 Å². The van der Waals surface area contributed by atoms with Crippen molar-refractivity contribution < 1.29 is 9.66 Å². The van der Waals surface area contributed by atoms with Gasteiger partial charge in [-0.3, -0.25) is 10.1 Å². The number of benzene rings is 1. The van der Waals surface area contributed by atoms with Gasteiger partial charge < -0.3 is 15.0 Å². The molecule has 0 amide bonds. The van der Waals surface area contributed by atoms with Gasteiger partial charge in [-0.25, -0.2) is 0 Å². The Morgan fingerprint density at radius 2 is 2.14 bits per heavy atom. The Hall–Kier alpha value is -1.50. The predicted octanol–water partition coefficient (Wildman–Crippen LogP) is 2.13. The van der Waals surface area contributed by atoms with E-state index in [2.05, 4.69) is 10.2 Å². The lowest BCUT2D eigenvalue weighted by atomic mass is 10.0. The second-order valence-corrected chi connectivity index (χ2v) is 5.27. The van der Waals surface area contributed by atoms with E-state index in [9.17, 15) is 10.1 Å². The molecule has 1 aromatic carbocycles. The first kappa shape index (κ1) is 17.6. The van der Waals surface area contributed by atoms with E-state index in [4.69, 9.17) is 4.74 Å². The van der Waals surface area contributed by atoms with Crippen molar-refractivity contribution >= 4 is 5.69 Å². The van der Waals surface area contributed by atoms with E-state index in [1.807, 2.05) is 20.0 Å². The fourth-order valence-corrected chi connectivity index (χ4v) is 2.04. The van der Waals surface area contributed by atoms with Crippen molar-refractivity contribution in [3.8, 4) is 0 Å². The minimum Gasteiger partial charge on any atom is -0.383 e. The first-order chi connectivity index (χ1) is 9.95. The smallest absolute Gasteiger partial charge is 0.272 e. The Labute approximate surface area is 126 Å². The minimum atomic E-state index is -0.329. The van der Waals surface area contributed by atoms with Gasteiger partial charge in [0.2, 0.25) is 0 Å². The normalized spacial score (nSPS) is 12.6. The van der Waals surface area contributed by atoms with Gasteiger partial charge in [0.1, 0.15) is 0 Å². The third-order valence-electron chi connectivity index (χ3n) is 3.55. The molecule has 6 heteroatoms. The zero-order chi connectivity index (χ0) is 15.8. The Bertz CT molecular complexity index is 465. The molecule has 0 aliphatic carbocycles. The average Bonchev–Trinajstić information content (AvgIpc) is 2.45. The van der Waals surface area contributed by atoms with Gasteiger partial charge in [0.05, 0.1) is 11.5 Å². The minimum absolute atomic E-state index is 0.0834. The summed E-state index contributed by atoms with van der Waals surface area (Å²) in [5, 5.41) is 14.4. The molecule has 1 unspecified atom stereocenters. The number of nitrogens with zero attached hydrogens (tertiary/aromatic N) is 2. The summed E-state index contributed by atoms with van der Waals surface area (Å²) >= 11 is 0. The lowest BCUT2D eigenvalue weighted by Gasteiger charge is -2.19. The Morgan fingerprint density at radius 3 is 2.76 bits per heavy atom. The van der Waals surface area contributed by atoms with Crippen LogP contribution in [0.3, 0.4) is 0 Å². The number of nitro benzene ring substituents is 1. The zero-order valence-electron chi connectivity index (χ0n) is 13.3. The van der Waals surface area contributed by atoms with E-state index < -0.39 is 0 Å². The van der Waals surface area contributed by atoms with Crippen molar-refractivity contribution in [2.45, 2.75) is 19.9 Å². The van der Waals surface area contributed by atoms with Crippen LogP contribution in [0.5, 0.6) is 0 Å². The van der Waals surface area contributed by atoms with Crippen LogP contribution in [0.25, 0.3) is 0 Å². The van der Waals surface area contributed by atoms with Crippen LogP contribution in [-0.2, 0) is 4.74 Å². The van der Waals surface area contributed by atoms with E-state index in [0.717, 1.165) is 31.8 Å². The van der Waals surface area contributed by atoms with Gasteiger partial charge >= 0.3 is 0 Å². The van der Waals surface area contributed by atoms with E-state index in [1.54, 1.807) is 26.2 Å². The molecule has 0 saturated heterocycles. The number of nitro groups is 1. The van der Waals surface area contributed by atoms with E-state index in [0.29, 0.717) is 5.56 Å². The van der Waals surface area contributed by atoms with Crippen molar-refractivity contribution in [2.75, 3.05) is 40.4 Å².